The maximum atomic E-state index is 15.7. The molecule has 0 heterocycles. The van der Waals surface area contributed by atoms with Gasteiger partial charge in [-0.2, -0.15) is 0 Å². The molecule has 0 aliphatic heterocycles. The summed E-state index contributed by atoms with van der Waals surface area (Å²) >= 11 is 0. The van der Waals surface area contributed by atoms with Crippen molar-refractivity contribution in [2.24, 2.45) is 5.41 Å². The molecule has 2 aliphatic carbocycles. The van der Waals surface area contributed by atoms with E-state index < -0.39 is 5.97 Å². The van der Waals surface area contributed by atoms with Crippen LogP contribution in [0.4, 0.5) is 4.39 Å². The molecule has 0 unspecified atom stereocenters. The summed E-state index contributed by atoms with van der Waals surface area (Å²) in [5, 5.41) is 20.7. The van der Waals surface area contributed by atoms with Crippen molar-refractivity contribution in [3.05, 3.63) is 124 Å². The molecule has 0 spiro atoms. The minimum absolute atomic E-state index is 0.00678. The van der Waals surface area contributed by atoms with E-state index in [1.165, 1.54) is 6.07 Å². The van der Waals surface area contributed by atoms with E-state index in [9.17, 15) is 15.0 Å². The van der Waals surface area contributed by atoms with Gasteiger partial charge in [0.25, 0.3) is 0 Å². The minimum atomic E-state index is -1.18. The van der Waals surface area contributed by atoms with E-state index in [0.29, 0.717) is 18.4 Å². The monoisotopic (exact) mass is 520 g/mol. The highest BCUT2D eigenvalue weighted by molar-refractivity contribution is 6.20. The summed E-state index contributed by atoms with van der Waals surface area (Å²) in [5.74, 6) is -1.81. The average Bonchev–Trinajstić information content (AvgIpc) is 3.07. The second-order valence-electron chi connectivity index (χ2n) is 11.5. The third-order valence-electron chi connectivity index (χ3n) is 7.86. The van der Waals surface area contributed by atoms with E-state index in [4.69, 9.17) is 0 Å². The van der Waals surface area contributed by atoms with Gasteiger partial charge in [-0.3, -0.25) is 0 Å². The molecule has 0 saturated carbocycles. The Morgan fingerprint density at radius 3 is 2.23 bits per heavy atom. The molecule has 1 atom stereocenters. The van der Waals surface area contributed by atoms with Gasteiger partial charge < -0.3 is 10.2 Å². The zero-order valence-corrected chi connectivity index (χ0v) is 22.8. The van der Waals surface area contributed by atoms with Crippen LogP contribution in [0.15, 0.2) is 85.0 Å². The summed E-state index contributed by atoms with van der Waals surface area (Å²) in [5.41, 5.74) is 8.13. The molecular weight excluding hydrogens is 487 g/mol. The summed E-state index contributed by atoms with van der Waals surface area (Å²) in [6.45, 7) is 12.6. The molecule has 0 bridgehead atoms. The fraction of sp³-hybridized carbons (Fsp3) is 0.229. The van der Waals surface area contributed by atoms with Crippen molar-refractivity contribution in [2.75, 3.05) is 0 Å². The van der Waals surface area contributed by atoms with E-state index in [2.05, 4.69) is 39.5 Å². The van der Waals surface area contributed by atoms with Crippen molar-refractivity contribution in [1.82, 2.24) is 0 Å². The average molecular weight is 521 g/mol. The van der Waals surface area contributed by atoms with Crippen LogP contribution in [0.25, 0.3) is 22.3 Å². The second kappa shape index (κ2) is 9.85. The van der Waals surface area contributed by atoms with Crippen LogP contribution in [0.3, 0.4) is 0 Å². The molecule has 4 heteroatoms. The van der Waals surface area contributed by atoms with Crippen molar-refractivity contribution in [2.45, 2.75) is 46.5 Å². The maximum Gasteiger partial charge on any atom is 0.339 e. The lowest BCUT2D eigenvalue weighted by molar-refractivity contribution is 0.0693. The van der Waals surface area contributed by atoms with E-state index >= 15 is 4.39 Å². The zero-order valence-electron chi connectivity index (χ0n) is 22.8. The summed E-state index contributed by atoms with van der Waals surface area (Å²) in [7, 11) is 0. The summed E-state index contributed by atoms with van der Waals surface area (Å²) in [6, 6.07) is 17.9. The molecule has 0 aromatic heterocycles. The highest BCUT2D eigenvalue weighted by Gasteiger charge is 2.38. The number of aromatic carboxylic acids is 1. The van der Waals surface area contributed by atoms with Gasteiger partial charge >= 0.3 is 5.97 Å². The quantitative estimate of drug-likeness (QED) is 0.361. The highest BCUT2D eigenvalue weighted by atomic mass is 19.1. The third kappa shape index (κ3) is 4.65. The fourth-order valence-electron chi connectivity index (χ4n) is 5.97. The van der Waals surface area contributed by atoms with Gasteiger partial charge in [0.05, 0.1) is 0 Å². The molecule has 3 aromatic rings. The lowest BCUT2D eigenvalue weighted by atomic mass is 9.65. The van der Waals surface area contributed by atoms with Crippen LogP contribution < -0.4 is 0 Å². The van der Waals surface area contributed by atoms with Gasteiger partial charge in [0.2, 0.25) is 0 Å². The van der Waals surface area contributed by atoms with Crippen molar-refractivity contribution < 1.29 is 19.4 Å². The van der Waals surface area contributed by atoms with Crippen LogP contribution in [-0.2, 0) is 0 Å². The molecule has 2 aliphatic rings. The number of aromatic hydroxyl groups is 1. The number of fused-ring (bicyclic) bond motifs is 3. The first-order valence-electron chi connectivity index (χ1n) is 13.2. The molecule has 2 N–H and O–H groups in total. The molecule has 5 rings (SSSR count). The van der Waals surface area contributed by atoms with Crippen molar-refractivity contribution in [3.63, 3.8) is 0 Å². The number of carboxylic acids is 1. The van der Waals surface area contributed by atoms with Crippen molar-refractivity contribution >= 4 is 28.3 Å². The van der Waals surface area contributed by atoms with Gasteiger partial charge in [0.1, 0.15) is 17.1 Å². The number of hydrogen-bond donors (Lipinski definition) is 2. The van der Waals surface area contributed by atoms with Gasteiger partial charge in [0, 0.05) is 11.1 Å². The number of allylic oxidation sites excluding steroid dienone is 7. The van der Waals surface area contributed by atoms with Crippen LogP contribution in [0, 0.1) is 11.2 Å². The number of carboxylic acid groups (broad SMARTS) is 1. The first kappa shape index (κ1) is 26.4. The van der Waals surface area contributed by atoms with Crippen molar-refractivity contribution in [3.8, 4) is 5.75 Å². The Morgan fingerprint density at radius 2 is 1.59 bits per heavy atom. The van der Waals surface area contributed by atoms with Crippen LogP contribution in [0.5, 0.6) is 5.75 Å². The van der Waals surface area contributed by atoms with Crippen LogP contribution in [-0.4, -0.2) is 16.2 Å². The number of phenols is 1. The van der Waals surface area contributed by atoms with Crippen molar-refractivity contribution in [1.29, 1.82) is 0 Å². The van der Waals surface area contributed by atoms with Crippen LogP contribution in [0.2, 0.25) is 0 Å². The summed E-state index contributed by atoms with van der Waals surface area (Å²) in [6.07, 6.45) is 5.66. The summed E-state index contributed by atoms with van der Waals surface area (Å²) < 4.78 is 15.7. The molecule has 3 aromatic carbocycles. The Balaban J connectivity index is 1.94. The molecule has 39 heavy (non-hydrogen) atoms. The maximum absolute atomic E-state index is 15.7. The Kier molecular flexibility index (Phi) is 6.67. The van der Waals surface area contributed by atoms with Gasteiger partial charge in [-0.15, -0.1) is 0 Å². The van der Waals surface area contributed by atoms with Gasteiger partial charge in [-0.1, -0.05) is 87.5 Å². The Hall–Kier alpha value is -4.18. The Morgan fingerprint density at radius 1 is 0.923 bits per heavy atom. The fourth-order valence-corrected chi connectivity index (χ4v) is 5.97. The lowest BCUT2D eigenvalue weighted by Gasteiger charge is -2.39. The lowest BCUT2D eigenvalue weighted by Crippen LogP contribution is -2.25. The molecule has 0 amide bonds. The molecule has 3 nitrogen and oxygen atoms in total. The smallest absolute Gasteiger partial charge is 0.339 e. The number of hydrogen-bond acceptors (Lipinski definition) is 2. The summed E-state index contributed by atoms with van der Waals surface area (Å²) in [4.78, 5) is 12.0. The minimum Gasteiger partial charge on any atom is -0.507 e. The largest absolute Gasteiger partial charge is 0.507 e. The molecule has 0 fully saturated rings. The number of carbonyl (C=O) groups is 1. The standard InChI is InChI=1S/C35H33FO3/c1-20(2)22-12-6-7-13-23(22)24-15-10-11-21-17-29(35(3,4)5)26-18-28(34(38)39)31(37)19-27(26)32(21)33(24)25-14-8-9-16-30(25)36/h6-9,11-16,18-19,29,37H,1,10,17H2,2-5H3,(H,38,39)/t29-/m1/s1. The van der Waals surface area contributed by atoms with Gasteiger partial charge in [-0.05, 0) is 88.3 Å². The predicted molar refractivity (Wildman–Crippen MR) is 157 cm³/mol. The van der Waals surface area contributed by atoms with Crippen LogP contribution >= 0.6 is 0 Å². The highest BCUT2D eigenvalue weighted by Crippen LogP contribution is 2.55. The van der Waals surface area contributed by atoms with Gasteiger partial charge in [0.15, 0.2) is 0 Å². The normalized spacial score (nSPS) is 17.0. The van der Waals surface area contributed by atoms with Crippen LogP contribution in [0.1, 0.15) is 84.6 Å². The SMILES string of the molecule is C=C(C)c1ccccc1C1=CCC=C2C[C@@H](C(C)(C)C)c3cc(C(=O)O)c(O)cc3C2=C1c1ccccc1F. The number of rotatable bonds is 4. The van der Waals surface area contributed by atoms with E-state index in [1.807, 2.05) is 37.3 Å². The Labute approximate surface area is 229 Å². The van der Waals surface area contributed by atoms with E-state index in [-0.39, 0.29) is 28.5 Å². The predicted octanol–water partition coefficient (Wildman–Crippen LogP) is 9.12. The first-order valence-corrected chi connectivity index (χ1v) is 13.2. The van der Waals surface area contributed by atoms with Gasteiger partial charge in [-0.25, -0.2) is 9.18 Å². The number of halogens is 1. The second-order valence-corrected chi connectivity index (χ2v) is 11.5. The zero-order chi connectivity index (χ0) is 28.1. The number of benzene rings is 3. The molecule has 0 saturated heterocycles. The third-order valence-corrected chi connectivity index (χ3v) is 7.86. The molecule has 198 valence electrons. The molecule has 0 radical (unpaired) electrons. The topological polar surface area (TPSA) is 57.5 Å². The Bertz CT molecular complexity index is 1610. The van der Waals surface area contributed by atoms with E-state index in [1.54, 1.807) is 24.3 Å². The molecular formula is C35H33FO3. The van der Waals surface area contributed by atoms with E-state index in [0.717, 1.165) is 50.1 Å². The first-order chi connectivity index (χ1) is 18.5.